The number of thiol groups is 1. The maximum atomic E-state index is 8.60. The summed E-state index contributed by atoms with van der Waals surface area (Å²) in [7, 11) is 1.00. The van der Waals surface area contributed by atoms with Crippen molar-refractivity contribution in [2.24, 2.45) is 0 Å². The van der Waals surface area contributed by atoms with Gasteiger partial charge >= 0.3 is 0 Å². The van der Waals surface area contributed by atoms with Crippen LogP contribution in [0.3, 0.4) is 0 Å². The summed E-state index contributed by atoms with van der Waals surface area (Å²) in [4.78, 5) is 0. The molecule has 1 rings (SSSR count). The lowest BCUT2D eigenvalue weighted by Gasteiger charge is -2.00. The maximum absolute atomic E-state index is 8.60. The zero-order valence-corrected chi connectivity index (χ0v) is 12.0. The standard InChI is InChI=1S/C10H10N2.C3H8S.CH4O/c1-2-12-8-10-5-3-4-9(6-10)7-11;1-2-3-4;1-2/h2-6,12H,1,8H2;4H,2-3H2,1H3;2H,1H3. The van der Waals surface area contributed by atoms with Crippen molar-refractivity contribution in [1.29, 1.82) is 5.26 Å². The van der Waals surface area contributed by atoms with Crippen LogP contribution in [-0.2, 0) is 6.54 Å². The van der Waals surface area contributed by atoms with E-state index in [1.165, 1.54) is 6.42 Å². The molecule has 0 saturated carbocycles. The second kappa shape index (κ2) is 15.6. The average Bonchev–Trinajstić information content (AvgIpc) is 2.47. The summed E-state index contributed by atoms with van der Waals surface area (Å²) in [5, 5.41) is 18.6. The van der Waals surface area contributed by atoms with Crippen LogP contribution in [0.2, 0.25) is 0 Å². The van der Waals surface area contributed by atoms with E-state index in [9.17, 15) is 0 Å². The second-order valence-electron chi connectivity index (χ2n) is 3.12. The van der Waals surface area contributed by atoms with E-state index in [-0.39, 0.29) is 0 Å². The fraction of sp³-hybridized carbons (Fsp3) is 0.357. The molecule has 0 fully saturated rings. The first-order valence-corrected chi connectivity index (χ1v) is 6.30. The minimum atomic E-state index is 0.693. The van der Waals surface area contributed by atoms with Gasteiger partial charge in [-0.25, -0.2) is 0 Å². The Hall–Kier alpha value is -1.44. The number of nitriles is 1. The molecule has 0 heterocycles. The van der Waals surface area contributed by atoms with E-state index in [2.05, 4.69) is 37.5 Å². The Morgan fingerprint density at radius 1 is 1.50 bits per heavy atom. The highest BCUT2D eigenvalue weighted by atomic mass is 32.1. The van der Waals surface area contributed by atoms with Crippen molar-refractivity contribution in [3.05, 3.63) is 48.2 Å². The number of aliphatic hydroxyl groups is 1. The smallest absolute Gasteiger partial charge is 0.0991 e. The molecule has 18 heavy (non-hydrogen) atoms. The number of rotatable bonds is 4. The van der Waals surface area contributed by atoms with Gasteiger partial charge in [-0.3, -0.25) is 0 Å². The van der Waals surface area contributed by atoms with Crippen molar-refractivity contribution in [1.82, 2.24) is 5.32 Å². The van der Waals surface area contributed by atoms with Crippen molar-refractivity contribution < 1.29 is 5.11 Å². The summed E-state index contributed by atoms with van der Waals surface area (Å²) in [6, 6.07) is 9.58. The van der Waals surface area contributed by atoms with Gasteiger partial charge < -0.3 is 10.4 Å². The predicted molar refractivity (Wildman–Crippen MR) is 80.5 cm³/mol. The van der Waals surface area contributed by atoms with Crippen LogP contribution in [0.25, 0.3) is 0 Å². The zero-order chi connectivity index (χ0) is 14.2. The summed E-state index contributed by atoms with van der Waals surface area (Å²) in [5.41, 5.74) is 1.78. The highest BCUT2D eigenvalue weighted by Crippen LogP contribution is 2.03. The van der Waals surface area contributed by atoms with Crippen LogP contribution in [0, 0.1) is 11.3 Å². The third-order valence-electron chi connectivity index (χ3n) is 1.73. The molecule has 0 aromatic heterocycles. The molecule has 3 nitrogen and oxygen atoms in total. The van der Waals surface area contributed by atoms with Crippen molar-refractivity contribution in [3.8, 4) is 6.07 Å². The van der Waals surface area contributed by atoms with Gasteiger partial charge in [0.1, 0.15) is 0 Å². The van der Waals surface area contributed by atoms with Gasteiger partial charge in [-0.15, -0.1) is 0 Å². The van der Waals surface area contributed by atoms with Gasteiger partial charge in [-0.2, -0.15) is 17.9 Å². The molecule has 0 saturated heterocycles. The fourth-order valence-corrected chi connectivity index (χ4v) is 0.941. The fourth-order valence-electron chi connectivity index (χ4n) is 0.941. The van der Waals surface area contributed by atoms with Gasteiger partial charge in [0, 0.05) is 13.7 Å². The van der Waals surface area contributed by atoms with E-state index >= 15 is 0 Å². The molecule has 4 heteroatoms. The first-order valence-electron chi connectivity index (χ1n) is 5.67. The van der Waals surface area contributed by atoms with Crippen molar-refractivity contribution in [2.75, 3.05) is 12.9 Å². The summed E-state index contributed by atoms with van der Waals surface area (Å²) >= 11 is 3.92. The van der Waals surface area contributed by atoms with Gasteiger partial charge in [0.25, 0.3) is 0 Å². The Morgan fingerprint density at radius 2 is 2.11 bits per heavy atom. The van der Waals surface area contributed by atoms with Crippen LogP contribution in [-0.4, -0.2) is 18.0 Å². The Labute approximate surface area is 116 Å². The molecule has 1 aromatic carbocycles. The predicted octanol–water partition coefficient (Wildman–Crippen LogP) is 2.73. The largest absolute Gasteiger partial charge is 0.400 e. The summed E-state index contributed by atoms with van der Waals surface area (Å²) in [5.74, 6) is 1.01. The lowest BCUT2D eigenvalue weighted by molar-refractivity contribution is 0.399. The van der Waals surface area contributed by atoms with Crippen molar-refractivity contribution >= 4 is 12.6 Å². The lowest BCUT2D eigenvalue weighted by atomic mass is 10.1. The van der Waals surface area contributed by atoms with Gasteiger partial charge in [0.05, 0.1) is 11.6 Å². The van der Waals surface area contributed by atoms with E-state index in [1.807, 2.05) is 18.2 Å². The molecule has 0 bridgehead atoms. The Bertz CT molecular complexity index is 346. The van der Waals surface area contributed by atoms with Crippen LogP contribution < -0.4 is 5.32 Å². The maximum Gasteiger partial charge on any atom is 0.0991 e. The van der Waals surface area contributed by atoms with Crippen LogP contribution >= 0.6 is 12.6 Å². The molecule has 0 spiro atoms. The first kappa shape index (κ1) is 18.9. The molecular formula is C14H22N2OS. The van der Waals surface area contributed by atoms with E-state index in [0.29, 0.717) is 5.56 Å². The average molecular weight is 266 g/mol. The number of nitrogens with zero attached hydrogens (tertiary/aromatic N) is 1. The molecule has 0 aliphatic carbocycles. The topological polar surface area (TPSA) is 56.0 Å². The van der Waals surface area contributed by atoms with Crippen molar-refractivity contribution in [3.63, 3.8) is 0 Å². The molecule has 0 unspecified atom stereocenters. The molecular weight excluding hydrogens is 244 g/mol. The highest BCUT2D eigenvalue weighted by Gasteiger charge is 1.92. The number of hydrogen-bond acceptors (Lipinski definition) is 4. The third kappa shape index (κ3) is 11.1. The molecule has 100 valence electrons. The molecule has 0 atom stereocenters. The lowest BCUT2D eigenvalue weighted by Crippen LogP contribution is -2.03. The van der Waals surface area contributed by atoms with E-state index in [1.54, 1.807) is 12.3 Å². The Balaban J connectivity index is 0. The number of benzene rings is 1. The Kier molecular flexibility index (Phi) is 16.3. The number of hydrogen-bond donors (Lipinski definition) is 3. The van der Waals surface area contributed by atoms with E-state index in [0.717, 1.165) is 25.0 Å². The summed E-state index contributed by atoms with van der Waals surface area (Å²) in [6.07, 6.45) is 2.82. The minimum absolute atomic E-state index is 0.693. The summed E-state index contributed by atoms with van der Waals surface area (Å²) in [6.45, 7) is 6.37. The normalized spacial score (nSPS) is 7.72. The molecule has 1 aromatic rings. The van der Waals surface area contributed by atoms with E-state index in [4.69, 9.17) is 10.4 Å². The SMILES string of the molecule is C=CNCc1cccc(C#N)c1.CCCS.CO. The molecule has 2 N–H and O–H groups in total. The monoisotopic (exact) mass is 266 g/mol. The third-order valence-corrected chi connectivity index (χ3v) is 2.18. The first-order chi connectivity index (χ1) is 8.78. The quantitative estimate of drug-likeness (QED) is 0.734. The zero-order valence-electron chi connectivity index (χ0n) is 11.1. The molecule has 0 amide bonds. The molecule has 0 radical (unpaired) electrons. The number of aliphatic hydroxyl groups excluding tert-OH is 1. The van der Waals surface area contributed by atoms with Gasteiger partial charge in [0.2, 0.25) is 0 Å². The van der Waals surface area contributed by atoms with Gasteiger partial charge in [0.15, 0.2) is 0 Å². The van der Waals surface area contributed by atoms with Crippen LogP contribution in [0.5, 0.6) is 0 Å². The second-order valence-corrected chi connectivity index (χ2v) is 3.57. The van der Waals surface area contributed by atoms with Crippen LogP contribution in [0.1, 0.15) is 24.5 Å². The molecule has 0 aliphatic rings. The van der Waals surface area contributed by atoms with Crippen LogP contribution in [0.4, 0.5) is 0 Å². The van der Waals surface area contributed by atoms with Crippen LogP contribution in [0.15, 0.2) is 37.0 Å². The minimum Gasteiger partial charge on any atom is -0.400 e. The molecule has 0 aliphatic heterocycles. The van der Waals surface area contributed by atoms with Crippen molar-refractivity contribution in [2.45, 2.75) is 19.9 Å². The Morgan fingerprint density at radius 3 is 2.56 bits per heavy atom. The highest BCUT2D eigenvalue weighted by molar-refractivity contribution is 7.80. The number of nitrogens with one attached hydrogen (secondary N) is 1. The van der Waals surface area contributed by atoms with Gasteiger partial charge in [-0.05, 0) is 36.1 Å². The van der Waals surface area contributed by atoms with Gasteiger partial charge in [-0.1, -0.05) is 25.6 Å². The van der Waals surface area contributed by atoms with E-state index < -0.39 is 0 Å². The summed E-state index contributed by atoms with van der Waals surface area (Å²) < 4.78 is 0.